The molecule has 3 N–H and O–H groups in total. The minimum Gasteiger partial charge on any atom is -0.376 e. The zero-order chi connectivity index (χ0) is 15.4. The highest BCUT2D eigenvalue weighted by molar-refractivity contribution is 5.94. The molecule has 5 heteroatoms. The first-order valence-corrected chi connectivity index (χ1v) is 6.63. The zero-order valence-electron chi connectivity index (χ0n) is 11.6. The van der Waals surface area contributed by atoms with Crippen LogP contribution in [0.15, 0.2) is 42.5 Å². The summed E-state index contributed by atoms with van der Waals surface area (Å²) in [5.41, 5.74) is 5.78. The maximum absolute atomic E-state index is 13.9. The van der Waals surface area contributed by atoms with Crippen LogP contribution in [0.25, 0.3) is 0 Å². The Bertz CT molecular complexity index is 644. The van der Waals surface area contributed by atoms with Gasteiger partial charge in [0.05, 0.1) is 17.3 Å². The second-order valence-corrected chi connectivity index (χ2v) is 4.69. The van der Waals surface area contributed by atoms with E-state index in [1.54, 1.807) is 0 Å². The summed E-state index contributed by atoms with van der Waals surface area (Å²) < 4.78 is 27.3. The van der Waals surface area contributed by atoms with Crippen molar-refractivity contribution in [2.24, 2.45) is 5.73 Å². The van der Waals surface area contributed by atoms with Crippen molar-refractivity contribution in [2.75, 3.05) is 5.32 Å². The molecule has 21 heavy (non-hydrogen) atoms. The van der Waals surface area contributed by atoms with Crippen molar-refractivity contribution in [2.45, 2.75) is 19.4 Å². The summed E-state index contributed by atoms with van der Waals surface area (Å²) in [6.07, 6.45) is 0.701. The lowest BCUT2D eigenvalue weighted by Crippen LogP contribution is -2.16. The highest BCUT2D eigenvalue weighted by Crippen LogP contribution is 2.26. The van der Waals surface area contributed by atoms with Gasteiger partial charge in [-0.3, -0.25) is 4.79 Å². The van der Waals surface area contributed by atoms with Crippen molar-refractivity contribution < 1.29 is 13.6 Å². The molecule has 0 radical (unpaired) electrons. The van der Waals surface area contributed by atoms with Crippen LogP contribution in [-0.4, -0.2) is 5.91 Å². The molecule has 0 aliphatic heterocycles. The molecule has 0 aliphatic carbocycles. The summed E-state index contributed by atoms with van der Waals surface area (Å²) in [6.45, 7) is 1.95. The number of rotatable bonds is 5. The number of carbonyl (C=O) groups excluding carboxylic acids is 1. The lowest BCUT2D eigenvalue weighted by Gasteiger charge is -2.19. The van der Waals surface area contributed by atoms with E-state index in [4.69, 9.17) is 5.73 Å². The van der Waals surface area contributed by atoms with Gasteiger partial charge in [-0.2, -0.15) is 0 Å². The van der Waals surface area contributed by atoms with Gasteiger partial charge in [-0.1, -0.05) is 37.3 Å². The molecule has 0 fully saturated rings. The molecule has 0 saturated heterocycles. The van der Waals surface area contributed by atoms with Gasteiger partial charge in [0.2, 0.25) is 0 Å². The molecule has 2 rings (SSSR count). The number of halogens is 2. The van der Waals surface area contributed by atoms with Gasteiger partial charge < -0.3 is 11.1 Å². The second-order valence-electron chi connectivity index (χ2n) is 4.69. The molecular weight excluding hydrogens is 274 g/mol. The Hall–Kier alpha value is -2.43. The summed E-state index contributed by atoms with van der Waals surface area (Å²) in [6, 6.07) is 11.1. The van der Waals surface area contributed by atoms with Crippen molar-refractivity contribution in [3.05, 3.63) is 65.2 Å². The van der Waals surface area contributed by atoms with Crippen molar-refractivity contribution in [1.29, 1.82) is 0 Å². The largest absolute Gasteiger partial charge is 0.376 e. The highest BCUT2D eigenvalue weighted by atomic mass is 19.1. The second kappa shape index (κ2) is 6.35. The van der Waals surface area contributed by atoms with Gasteiger partial charge in [0.15, 0.2) is 0 Å². The number of anilines is 1. The van der Waals surface area contributed by atoms with Crippen LogP contribution in [0.3, 0.4) is 0 Å². The first kappa shape index (κ1) is 15.0. The van der Waals surface area contributed by atoms with Crippen LogP contribution in [0.5, 0.6) is 0 Å². The fourth-order valence-corrected chi connectivity index (χ4v) is 2.14. The molecule has 1 amide bonds. The summed E-state index contributed by atoms with van der Waals surface area (Å²) in [4.78, 5) is 11.1. The third-order valence-electron chi connectivity index (χ3n) is 3.26. The summed E-state index contributed by atoms with van der Waals surface area (Å²) in [7, 11) is 0. The molecule has 0 spiro atoms. The van der Waals surface area contributed by atoms with E-state index in [0.717, 1.165) is 11.6 Å². The number of hydrogen-bond donors (Lipinski definition) is 2. The Balaban J connectivity index is 2.34. The van der Waals surface area contributed by atoms with E-state index in [-0.39, 0.29) is 17.3 Å². The zero-order valence-corrected chi connectivity index (χ0v) is 11.6. The van der Waals surface area contributed by atoms with Crippen LogP contribution in [-0.2, 0) is 0 Å². The van der Waals surface area contributed by atoms with E-state index in [2.05, 4.69) is 5.32 Å². The van der Waals surface area contributed by atoms with E-state index >= 15 is 0 Å². The maximum Gasteiger partial charge on any atom is 0.251 e. The van der Waals surface area contributed by atoms with Gasteiger partial charge in [-0.05, 0) is 18.1 Å². The standard InChI is InChI=1S/C16H16F2N2O/c1-2-14(10-6-4-3-5-7-10)20-15-8-11(16(19)21)12(17)9-13(15)18/h3-9,14,20H,2H2,1H3,(H2,19,21). The number of nitrogens with two attached hydrogens (primary N) is 1. The molecule has 2 aromatic carbocycles. The van der Waals surface area contributed by atoms with Crippen LogP contribution in [0.4, 0.5) is 14.5 Å². The highest BCUT2D eigenvalue weighted by Gasteiger charge is 2.16. The van der Waals surface area contributed by atoms with Gasteiger partial charge in [0, 0.05) is 6.07 Å². The molecule has 0 heterocycles. The van der Waals surface area contributed by atoms with Crippen LogP contribution in [0.1, 0.15) is 35.3 Å². The van der Waals surface area contributed by atoms with E-state index in [1.807, 2.05) is 37.3 Å². The predicted octanol–water partition coefficient (Wildman–Crippen LogP) is 3.63. The lowest BCUT2D eigenvalue weighted by atomic mass is 10.0. The monoisotopic (exact) mass is 290 g/mol. The quantitative estimate of drug-likeness (QED) is 0.883. The Morgan fingerprint density at radius 1 is 1.19 bits per heavy atom. The first-order chi connectivity index (χ1) is 10.0. The smallest absolute Gasteiger partial charge is 0.251 e. The summed E-state index contributed by atoms with van der Waals surface area (Å²) in [5, 5.41) is 2.99. The Kier molecular flexibility index (Phi) is 4.52. The minimum absolute atomic E-state index is 0.0564. The third-order valence-corrected chi connectivity index (χ3v) is 3.26. The Labute approximate surface area is 121 Å². The number of carbonyl (C=O) groups is 1. The normalized spacial score (nSPS) is 12.0. The van der Waals surface area contributed by atoms with Crippen LogP contribution < -0.4 is 11.1 Å². The molecular formula is C16H16F2N2O. The van der Waals surface area contributed by atoms with E-state index in [9.17, 15) is 13.6 Å². The van der Waals surface area contributed by atoms with Crippen molar-refractivity contribution in [3.63, 3.8) is 0 Å². The van der Waals surface area contributed by atoms with Crippen molar-refractivity contribution in [3.8, 4) is 0 Å². The fraction of sp³-hybridized carbons (Fsp3) is 0.188. The number of benzene rings is 2. The molecule has 110 valence electrons. The number of nitrogens with one attached hydrogen (secondary N) is 1. The van der Waals surface area contributed by atoms with Crippen LogP contribution in [0, 0.1) is 11.6 Å². The summed E-state index contributed by atoms with van der Waals surface area (Å²) >= 11 is 0. The average Bonchev–Trinajstić information content (AvgIpc) is 2.47. The van der Waals surface area contributed by atoms with Crippen molar-refractivity contribution >= 4 is 11.6 Å². The molecule has 0 aliphatic rings. The molecule has 1 unspecified atom stereocenters. The molecule has 0 bridgehead atoms. The first-order valence-electron chi connectivity index (χ1n) is 6.63. The van der Waals surface area contributed by atoms with Gasteiger partial charge >= 0.3 is 0 Å². The van der Waals surface area contributed by atoms with E-state index in [1.165, 1.54) is 0 Å². The molecule has 1 atom stereocenters. The van der Waals surface area contributed by atoms with E-state index in [0.29, 0.717) is 12.5 Å². The molecule has 0 aromatic heterocycles. The van der Waals surface area contributed by atoms with Crippen LogP contribution in [0.2, 0.25) is 0 Å². The molecule has 3 nitrogen and oxygen atoms in total. The summed E-state index contributed by atoms with van der Waals surface area (Å²) in [5.74, 6) is -2.64. The Morgan fingerprint density at radius 2 is 1.86 bits per heavy atom. The molecule has 0 saturated carbocycles. The fourth-order valence-electron chi connectivity index (χ4n) is 2.14. The van der Waals surface area contributed by atoms with Gasteiger partial charge in [0.1, 0.15) is 11.6 Å². The number of amides is 1. The third kappa shape index (κ3) is 3.37. The van der Waals surface area contributed by atoms with Crippen LogP contribution >= 0.6 is 0 Å². The predicted molar refractivity (Wildman–Crippen MR) is 78.0 cm³/mol. The number of primary amides is 1. The number of hydrogen-bond acceptors (Lipinski definition) is 2. The average molecular weight is 290 g/mol. The lowest BCUT2D eigenvalue weighted by molar-refractivity contribution is 0.0996. The molecule has 2 aromatic rings. The van der Waals surface area contributed by atoms with E-state index < -0.39 is 17.5 Å². The van der Waals surface area contributed by atoms with Gasteiger partial charge in [0.25, 0.3) is 5.91 Å². The Morgan fingerprint density at radius 3 is 2.43 bits per heavy atom. The SMILES string of the molecule is CCC(Nc1cc(C(N)=O)c(F)cc1F)c1ccccc1. The topological polar surface area (TPSA) is 55.1 Å². The van der Waals surface area contributed by atoms with Crippen molar-refractivity contribution in [1.82, 2.24) is 0 Å². The van der Waals surface area contributed by atoms with Gasteiger partial charge in [-0.15, -0.1) is 0 Å². The van der Waals surface area contributed by atoms with Gasteiger partial charge in [-0.25, -0.2) is 8.78 Å². The maximum atomic E-state index is 13.9. The minimum atomic E-state index is -0.960.